The molecule has 4 amide bonds. The number of hydrazine groups is 1. The molecule has 0 radical (unpaired) electrons. The van der Waals surface area contributed by atoms with E-state index in [1.807, 2.05) is 5.43 Å². The van der Waals surface area contributed by atoms with Gasteiger partial charge in [0.05, 0.1) is 12.6 Å². The molecule has 1 unspecified atom stereocenters. The summed E-state index contributed by atoms with van der Waals surface area (Å²) in [4.78, 5) is 36.9. The second kappa shape index (κ2) is 6.81. The molecule has 0 aromatic heterocycles. The maximum atomic E-state index is 14.3. The fourth-order valence-corrected chi connectivity index (χ4v) is 3.66. The van der Waals surface area contributed by atoms with E-state index in [1.54, 1.807) is 0 Å². The molecule has 12 nitrogen and oxygen atoms in total. The molecule has 15 heteroatoms. The van der Waals surface area contributed by atoms with Crippen molar-refractivity contribution in [2.45, 2.75) is 43.3 Å². The molecule has 3 heterocycles. The van der Waals surface area contributed by atoms with E-state index in [0.717, 1.165) is 6.42 Å². The van der Waals surface area contributed by atoms with E-state index in [-0.39, 0.29) is 5.06 Å². The minimum absolute atomic E-state index is 0.163. The van der Waals surface area contributed by atoms with Gasteiger partial charge in [-0.2, -0.15) is 13.5 Å². The van der Waals surface area contributed by atoms with E-state index in [0.29, 0.717) is 17.9 Å². The lowest BCUT2D eigenvalue weighted by Gasteiger charge is -2.34. The fraction of sp³-hybridized carbons (Fsp3) is 0.750. The predicted molar refractivity (Wildman–Crippen MR) is 81.0 cm³/mol. The minimum atomic E-state index is -5.22. The third kappa shape index (κ3) is 3.95. The number of nitrogens with zero attached hydrogens (tertiary/aromatic N) is 2. The lowest BCUT2D eigenvalue weighted by molar-refractivity contribution is -0.154. The van der Waals surface area contributed by atoms with Crippen LogP contribution in [0.5, 0.6) is 0 Å². The van der Waals surface area contributed by atoms with Crippen LogP contribution in [0.4, 0.5) is 13.6 Å². The molecule has 3 rings (SSSR count). The van der Waals surface area contributed by atoms with E-state index >= 15 is 0 Å². The highest BCUT2D eigenvalue weighted by Gasteiger charge is 2.62. The van der Waals surface area contributed by atoms with Gasteiger partial charge in [0, 0.05) is 6.42 Å². The number of rotatable bonds is 4. The lowest BCUT2D eigenvalue weighted by atomic mass is 9.96. The van der Waals surface area contributed by atoms with Crippen molar-refractivity contribution < 1.29 is 40.4 Å². The van der Waals surface area contributed by atoms with Crippen molar-refractivity contribution >= 4 is 28.2 Å². The zero-order valence-corrected chi connectivity index (χ0v) is 14.5. The number of carbonyl (C=O) groups is 3. The molecular formula is C12H17F2N5O7S. The standard InChI is InChI=1S/C12H17F2N5O7S/c13-12(14)4-7(10(21)17-16-9(20)6-2-1-3-15-6)18-5-8(12)19(11(18)22)26-27(23,24)25/h6-8,15H,1-5H2,(H,16,20)(H,17,21)(H,23,24,25)/t6?,7-,8-/m0/s1. The van der Waals surface area contributed by atoms with E-state index in [1.165, 1.54) is 0 Å². The monoisotopic (exact) mass is 413 g/mol. The van der Waals surface area contributed by atoms with Crippen molar-refractivity contribution in [2.75, 3.05) is 13.1 Å². The number of halogens is 2. The normalized spacial score (nSPS) is 29.7. The zero-order valence-electron chi connectivity index (χ0n) is 13.7. The predicted octanol–water partition coefficient (Wildman–Crippen LogP) is -1.87. The van der Waals surface area contributed by atoms with Crippen molar-refractivity contribution in [2.24, 2.45) is 0 Å². The topological polar surface area (TPSA) is 157 Å². The molecule has 0 aromatic carbocycles. The number of hydrogen-bond acceptors (Lipinski definition) is 7. The highest BCUT2D eigenvalue weighted by atomic mass is 32.3. The number of amides is 4. The van der Waals surface area contributed by atoms with Gasteiger partial charge in [0.1, 0.15) is 12.1 Å². The summed E-state index contributed by atoms with van der Waals surface area (Å²) in [6.45, 7) is -0.0638. The van der Waals surface area contributed by atoms with Gasteiger partial charge in [-0.3, -0.25) is 25.0 Å². The largest absolute Gasteiger partial charge is 0.418 e. The number of urea groups is 1. The summed E-state index contributed by atoms with van der Waals surface area (Å²) in [5.74, 6) is -5.29. The lowest BCUT2D eigenvalue weighted by Crippen LogP contribution is -2.59. The first kappa shape index (κ1) is 19.7. The summed E-state index contributed by atoms with van der Waals surface area (Å²) in [6.07, 6.45) is 0.212. The summed E-state index contributed by atoms with van der Waals surface area (Å²) in [5.41, 5.74) is 4.11. The van der Waals surface area contributed by atoms with Crippen molar-refractivity contribution in [3.63, 3.8) is 0 Å². The Kier molecular flexibility index (Phi) is 4.96. The molecule has 3 fully saturated rings. The second-order valence-corrected chi connectivity index (χ2v) is 7.39. The van der Waals surface area contributed by atoms with Crippen LogP contribution in [0.15, 0.2) is 0 Å². The number of fused-ring (bicyclic) bond motifs is 2. The number of carbonyl (C=O) groups excluding carboxylic acids is 3. The highest BCUT2D eigenvalue weighted by Crippen LogP contribution is 2.40. The van der Waals surface area contributed by atoms with Crippen LogP contribution in [0.2, 0.25) is 0 Å². The molecule has 0 aliphatic carbocycles. The van der Waals surface area contributed by atoms with Crippen LogP contribution in [-0.2, 0) is 24.3 Å². The van der Waals surface area contributed by atoms with Crippen LogP contribution in [0.3, 0.4) is 0 Å². The quantitative estimate of drug-likeness (QED) is 0.308. The number of nitrogens with one attached hydrogen (secondary N) is 3. The van der Waals surface area contributed by atoms with Crippen LogP contribution < -0.4 is 16.2 Å². The molecular weight excluding hydrogens is 396 g/mol. The van der Waals surface area contributed by atoms with E-state index in [4.69, 9.17) is 4.55 Å². The van der Waals surface area contributed by atoms with Crippen molar-refractivity contribution in [3.8, 4) is 0 Å². The highest BCUT2D eigenvalue weighted by molar-refractivity contribution is 7.80. The average Bonchev–Trinajstić information content (AvgIpc) is 3.18. The Morgan fingerprint density at radius 2 is 1.96 bits per heavy atom. The Morgan fingerprint density at radius 1 is 1.30 bits per heavy atom. The molecule has 0 spiro atoms. The number of piperidine rings is 1. The minimum Gasteiger partial charge on any atom is -0.308 e. The van der Waals surface area contributed by atoms with Crippen molar-refractivity contribution in [3.05, 3.63) is 0 Å². The summed E-state index contributed by atoms with van der Waals surface area (Å²) in [7, 11) is -5.22. The summed E-state index contributed by atoms with van der Waals surface area (Å²) in [5, 5.41) is 2.72. The Balaban J connectivity index is 1.69. The molecule has 152 valence electrons. The smallest absolute Gasteiger partial charge is 0.308 e. The van der Waals surface area contributed by atoms with Gasteiger partial charge in [-0.1, -0.05) is 0 Å². The van der Waals surface area contributed by atoms with Crippen LogP contribution in [0.1, 0.15) is 19.3 Å². The molecule has 0 saturated carbocycles. The zero-order chi connectivity index (χ0) is 20.0. The Bertz CT molecular complexity index is 757. The molecule has 3 atom stereocenters. The van der Waals surface area contributed by atoms with Gasteiger partial charge in [-0.05, 0) is 19.4 Å². The van der Waals surface area contributed by atoms with E-state index < -0.39 is 65.3 Å². The first-order chi connectivity index (χ1) is 12.5. The van der Waals surface area contributed by atoms with Gasteiger partial charge in [-0.25, -0.2) is 13.6 Å². The van der Waals surface area contributed by atoms with Crippen LogP contribution >= 0.6 is 0 Å². The Hall–Kier alpha value is -2.10. The Morgan fingerprint density at radius 3 is 2.56 bits per heavy atom. The maximum absolute atomic E-state index is 14.3. The molecule has 0 aromatic rings. The first-order valence-electron chi connectivity index (χ1n) is 7.97. The third-order valence-corrected chi connectivity index (χ3v) is 4.93. The average molecular weight is 413 g/mol. The fourth-order valence-electron chi connectivity index (χ4n) is 3.29. The van der Waals surface area contributed by atoms with E-state index in [2.05, 4.69) is 15.0 Å². The number of alkyl halides is 2. The summed E-state index contributed by atoms with van der Waals surface area (Å²) < 4.78 is 62.8. The van der Waals surface area contributed by atoms with Crippen LogP contribution in [-0.4, -0.2) is 77.9 Å². The van der Waals surface area contributed by atoms with Gasteiger partial charge in [0.15, 0.2) is 0 Å². The van der Waals surface area contributed by atoms with Crippen molar-refractivity contribution in [1.29, 1.82) is 0 Å². The maximum Gasteiger partial charge on any atom is 0.418 e. The van der Waals surface area contributed by atoms with Crippen molar-refractivity contribution in [1.82, 2.24) is 26.1 Å². The van der Waals surface area contributed by atoms with Crippen LogP contribution in [0.25, 0.3) is 0 Å². The van der Waals surface area contributed by atoms with Gasteiger partial charge < -0.3 is 10.2 Å². The van der Waals surface area contributed by atoms with Gasteiger partial charge >= 0.3 is 16.4 Å². The van der Waals surface area contributed by atoms with Gasteiger partial charge in [0.25, 0.3) is 17.7 Å². The molecule has 27 heavy (non-hydrogen) atoms. The first-order valence-corrected chi connectivity index (χ1v) is 9.34. The van der Waals surface area contributed by atoms with Gasteiger partial charge in [-0.15, -0.1) is 4.28 Å². The number of hydroxylamine groups is 2. The summed E-state index contributed by atoms with van der Waals surface area (Å²) in [6, 6.07) is -5.50. The molecule has 3 aliphatic heterocycles. The SMILES string of the molecule is O=C(NNC(=O)[C@@H]1CC(F)(F)[C@@H]2CN1C(=O)N2OS(=O)(=O)O)C1CCCN1. The molecule has 2 bridgehead atoms. The molecule has 4 N–H and O–H groups in total. The van der Waals surface area contributed by atoms with Crippen LogP contribution in [0, 0.1) is 0 Å². The van der Waals surface area contributed by atoms with Gasteiger partial charge in [0.2, 0.25) is 0 Å². The second-order valence-electron chi connectivity index (χ2n) is 6.39. The summed E-state index contributed by atoms with van der Waals surface area (Å²) >= 11 is 0. The third-order valence-electron chi connectivity index (χ3n) is 4.58. The Labute approximate surface area is 152 Å². The van der Waals surface area contributed by atoms with E-state index in [9.17, 15) is 31.6 Å². The molecule has 3 aliphatic rings. The number of hydrogen-bond donors (Lipinski definition) is 4. The molecule has 3 saturated heterocycles.